The van der Waals surface area contributed by atoms with Crippen LogP contribution in [0, 0.1) is 0 Å². The van der Waals surface area contributed by atoms with Crippen molar-refractivity contribution < 1.29 is 13.9 Å². The Bertz CT molecular complexity index is 922. The van der Waals surface area contributed by atoms with Crippen molar-refractivity contribution in [3.8, 4) is 11.1 Å². The van der Waals surface area contributed by atoms with E-state index in [4.69, 9.17) is 9.15 Å². The average Bonchev–Trinajstić information content (AvgIpc) is 3.01. The van der Waals surface area contributed by atoms with Gasteiger partial charge in [0.25, 0.3) is 0 Å². The molecule has 2 aromatic carbocycles. The summed E-state index contributed by atoms with van der Waals surface area (Å²) < 4.78 is 11.5. The summed E-state index contributed by atoms with van der Waals surface area (Å²) in [6.07, 6.45) is 0.122. The minimum Gasteiger partial charge on any atom is -0.466 e. The first kappa shape index (κ1) is 20.3. The van der Waals surface area contributed by atoms with E-state index in [1.807, 2.05) is 43.3 Å². The van der Waals surface area contributed by atoms with Gasteiger partial charge in [-0.25, -0.2) is 0 Å². The highest BCUT2D eigenvalue weighted by Gasteiger charge is 2.30. The predicted molar refractivity (Wildman–Crippen MR) is 114 cm³/mol. The summed E-state index contributed by atoms with van der Waals surface area (Å²) in [6.45, 7) is 8.56. The number of furan rings is 1. The third kappa shape index (κ3) is 4.68. The fourth-order valence-electron chi connectivity index (χ4n) is 3.02. The van der Waals surface area contributed by atoms with Crippen LogP contribution in [0.1, 0.15) is 39.2 Å². The normalized spacial score (nSPS) is 11.4. The molecule has 0 bridgehead atoms. The fraction of sp³-hybridized carbons (Fsp3) is 0.292. The molecule has 0 saturated carbocycles. The molecular formula is C24H26O3S. The molecule has 0 aliphatic rings. The molecule has 0 saturated heterocycles. The Morgan fingerprint density at radius 1 is 1.00 bits per heavy atom. The van der Waals surface area contributed by atoms with Crippen molar-refractivity contribution in [2.24, 2.45) is 0 Å². The fourth-order valence-corrected chi connectivity index (χ4v) is 4.33. The number of rotatable bonds is 6. The highest BCUT2D eigenvalue weighted by Crippen LogP contribution is 2.46. The van der Waals surface area contributed by atoms with Crippen molar-refractivity contribution >= 4 is 17.7 Å². The Morgan fingerprint density at radius 3 is 2.18 bits per heavy atom. The van der Waals surface area contributed by atoms with E-state index in [0.29, 0.717) is 12.4 Å². The number of ether oxygens (including phenoxy) is 1. The molecule has 0 unspecified atom stereocenters. The van der Waals surface area contributed by atoms with Crippen molar-refractivity contribution in [1.82, 2.24) is 0 Å². The van der Waals surface area contributed by atoms with E-state index in [-0.39, 0.29) is 17.8 Å². The van der Waals surface area contributed by atoms with Crippen molar-refractivity contribution in [2.75, 3.05) is 6.61 Å². The topological polar surface area (TPSA) is 39.4 Å². The third-order valence-corrected chi connectivity index (χ3v) is 5.36. The van der Waals surface area contributed by atoms with Gasteiger partial charge in [-0.05, 0) is 24.6 Å². The van der Waals surface area contributed by atoms with Crippen LogP contribution in [0.25, 0.3) is 11.1 Å². The molecule has 0 amide bonds. The minimum absolute atomic E-state index is 0.122. The Balaban J connectivity index is 2.18. The summed E-state index contributed by atoms with van der Waals surface area (Å²) >= 11 is 1.68. The monoisotopic (exact) mass is 394 g/mol. The van der Waals surface area contributed by atoms with E-state index in [2.05, 4.69) is 45.0 Å². The standard InChI is InChI=1S/C24H26O3S/c1-5-26-20(25)16-19-21(17-12-8-6-9-13-17)22(23(27-19)24(2,3)4)28-18-14-10-7-11-15-18/h6-15H,5,16H2,1-4H3. The number of hydrogen-bond acceptors (Lipinski definition) is 4. The highest BCUT2D eigenvalue weighted by molar-refractivity contribution is 7.99. The Kier molecular flexibility index (Phi) is 6.30. The molecule has 4 heteroatoms. The number of benzene rings is 2. The summed E-state index contributed by atoms with van der Waals surface area (Å²) in [6, 6.07) is 20.4. The molecule has 146 valence electrons. The molecule has 3 aromatic rings. The maximum Gasteiger partial charge on any atom is 0.313 e. The highest BCUT2D eigenvalue weighted by atomic mass is 32.2. The lowest BCUT2D eigenvalue weighted by Crippen LogP contribution is -2.11. The quantitative estimate of drug-likeness (QED) is 0.447. The van der Waals surface area contributed by atoms with E-state index in [0.717, 1.165) is 26.7 Å². The van der Waals surface area contributed by atoms with E-state index < -0.39 is 0 Å². The van der Waals surface area contributed by atoms with Crippen molar-refractivity contribution in [2.45, 2.75) is 49.3 Å². The van der Waals surface area contributed by atoms with Gasteiger partial charge >= 0.3 is 5.97 Å². The van der Waals surface area contributed by atoms with Gasteiger partial charge in [-0.3, -0.25) is 4.79 Å². The van der Waals surface area contributed by atoms with Crippen LogP contribution in [0.3, 0.4) is 0 Å². The van der Waals surface area contributed by atoms with Crippen LogP contribution < -0.4 is 0 Å². The zero-order chi connectivity index (χ0) is 20.1. The number of carbonyl (C=O) groups excluding carboxylic acids is 1. The molecule has 0 spiro atoms. The second kappa shape index (κ2) is 8.70. The summed E-state index contributed by atoms with van der Waals surface area (Å²) in [5, 5.41) is 0. The second-order valence-electron chi connectivity index (χ2n) is 7.57. The molecular weight excluding hydrogens is 368 g/mol. The molecule has 0 fully saturated rings. The molecule has 1 heterocycles. The summed E-state index contributed by atoms with van der Waals surface area (Å²) in [7, 11) is 0. The molecule has 0 aliphatic carbocycles. The van der Waals surface area contributed by atoms with Gasteiger partial charge in [-0.15, -0.1) is 0 Å². The van der Waals surface area contributed by atoms with Gasteiger partial charge in [0, 0.05) is 15.9 Å². The van der Waals surface area contributed by atoms with Crippen molar-refractivity contribution in [3.05, 3.63) is 72.2 Å². The Hall–Kier alpha value is -2.46. The van der Waals surface area contributed by atoms with Gasteiger partial charge < -0.3 is 9.15 Å². The SMILES string of the molecule is CCOC(=O)Cc1oc(C(C)(C)C)c(Sc2ccccc2)c1-c1ccccc1. The summed E-state index contributed by atoms with van der Waals surface area (Å²) in [4.78, 5) is 14.4. The van der Waals surface area contributed by atoms with Crippen LogP contribution in [0.4, 0.5) is 0 Å². The number of carbonyl (C=O) groups is 1. The van der Waals surface area contributed by atoms with Gasteiger partial charge in [0.2, 0.25) is 0 Å². The van der Waals surface area contributed by atoms with Crippen LogP contribution >= 0.6 is 11.8 Å². The van der Waals surface area contributed by atoms with Crippen molar-refractivity contribution in [3.63, 3.8) is 0 Å². The van der Waals surface area contributed by atoms with E-state index in [1.165, 1.54) is 0 Å². The maximum atomic E-state index is 12.2. The second-order valence-corrected chi connectivity index (χ2v) is 8.66. The van der Waals surface area contributed by atoms with Gasteiger partial charge in [0.15, 0.2) is 0 Å². The largest absolute Gasteiger partial charge is 0.466 e. The predicted octanol–water partition coefficient (Wildman–Crippen LogP) is 6.50. The van der Waals surface area contributed by atoms with Crippen LogP contribution in [-0.2, 0) is 21.4 Å². The first-order valence-electron chi connectivity index (χ1n) is 9.50. The zero-order valence-corrected chi connectivity index (χ0v) is 17.6. The first-order chi connectivity index (χ1) is 13.4. The molecule has 3 rings (SSSR count). The van der Waals surface area contributed by atoms with E-state index in [9.17, 15) is 4.79 Å². The van der Waals surface area contributed by atoms with Gasteiger partial charge in [0.05, 0.1) is 11.5 Å². The van der Waals surface area contributed by atoms with Crippen LogP contribution in [0.2, 0.25) is 0 Å². The van der Waals surface area contributed by atoms with Crippen LogP contribution in [0.5, 0.6) is 0 Å². The molecule has 0 radical (unpaired) electrons. The smallest absolute Gasteiger partial charge is 0.313 e. The molecule has 3 nitrogen and oxygen atoms in total. The minimum atomic E-state index is -0.273. The number of esters is 1. The molecule has 0 N–H and O–H groups in total. The summed E-state index contributed by atoms with van der Waals surface area (Å²) in [5.41, 5.74) is 1.82. The lowest BCUT2D eigenvalue weighted by molar-refractivity contribution is -0.142. The molecule has 0 atom stereocenters. The lowest BCUT2D eigenvalue weighted by Gasteiger charge is -2.17. The first-order valence-corrected chi connectivity index (χ1v) is 10.3. The number of hydrogen-bond donors (Lipinski definition) is 0. The van der Waals surface area contributed by atoms with Gasteiger partial charge in [0.1, 0.15) is 17.9 Å². The average molecular weight is 395 g/mol. The Morgan fingerprint density at radius 2 is 1.61 bits per heavy atom. The van der Waals surface area contributed by atoms with E-state index in [1.54, 1.807) is 11.8 Å². The zero-order valence-electron chi connectivity index (χ0n) is 16.8. The van der Waals surface area contributed by atoms with E-state index >= 15 is 0 Å². The Labute approximate surface area is 171 Å². The summed E-state index contributed by atoms with van der Waals surface area (Å²) in [5.74, 6) is 1.28. The molecule has 1 aromatic heterocycles. The molecule has 0 aliphatic heterocycles. The lowest BCUT2D eigenvalue weighted by atomic mass is 9.92. The third-order valence-electron chi connectivity index (χ3n) is 4.25. The van der Waals surface area contributed by atoms with Crippen molar-refractivity contribution in [1.29, 1.82) is 0 Å². The van der Waals surface area contributed by atoms with Gasteiger partial charge in [-0.1, -0.05) is 81.1 Å². The molecule has 28 heavy (non-hydrogen) atoms. The van der Waals surface area contributed by atoms with Crippen LogP contribution in [0.15, 0.2) is 74.9 Å². The van der Waals surface area contributed by atoms with Gasteiger partial charge in [-0.2, -0.15) is 0 Å². The maximum absolute atomic E-state index is 12.2. The van der Waals surface area contributed by atoms with Crippen LogP contribution in [-0.4, -0.2) is 12.6 Å².